The quantitative estimate of drug-likeness (QED) is 0.878. The van der Waals surface area contributed by atoms with Crippen molar-refractivity contribution in [2.45, 2.75) is 31.4 Å². The van der Waals surface area contributed by atoms with E-state index in [1.807, 2.05) is 5.38 Å². The molecule has 0 radical (unpaired) electrons. The second-order valence-corrected chi connectivity index (χ2v) is 7.28. The summed E-state index contributed by atoms with van der Waals surface area (Å²) < 4.78 is 11.1. The van der Waals surface area contributed by atoms with Crippen molar-refractivity contribution in [3.63, 3.8) is 0 Å². The lowest BCUT2D eigenvalue weighted by Gasteiger charge is -2.33. The van der Waals surface area contributed by atoms with Gasteiger partial charge in [-0.3, -0.25) is 9.69 Å². The van der Waals surface area contributed by atoms with E-state index in [1.54, 1.807) is 4.90 Å². The van der Waals surface area contributed by atoms with Crippen molar-refractivity contribution >= 4 is 17.2 Å². The highest BCUT2D eigenvalue weighted by Crippen LogP contribution is 2.40. The maximum Gasteiger partial charge on any atom is 0.268 e. The molecule has 4 heterocycles. The number of likely N-dealkylation sites (tertiary alicyclic amines) is 2. The smallest absolute Gasteiger partial charge is 0.268 e. The van der Waals surface area contributed by atoms with E-state index in [-0.39, 0.29) is 11.9 Å². The monoisotopic (exact) mass is 338 g/mol. The summed E-state index contributed by atoms with van der Waals surface area (Å²) in [5.41, 5.74) is 0. The number of hydrogen-bond donors (Lipinski definition) is 1. The van der Waals surface area contributed by atoms with Gasteiger partial charge in [-0.1, -0.05) is 6.42 Å². The highest BCUT2D eigenvalue weighted by Gasteiger charge is 2.39. The van der Waals surface area contributed by atoms with Gasteiger partial charge in [0.1, 0.15) is 18.1 Å². The Morgan fingerprint density at radius 1 is 1.17 bits per heavy atom. The molecule has 0 saturated carbocycles. The average Bonchev–Trinajstić information content (AvgIpc) is 3.19. The zero-order valence-electron chi connectivity index (χ0n) is 13.1. The molecule has 126 valence electrons. The number of β-amino-alcohol motifs (C(OH)–C–C–N with tert-alkyl or cyclic N) is 1. The summed E-state index contributed by atoms with van der Waals surface area (Å²) in [6, 6.07) is 0.0622. The third kappa shape index (κ3) is 2.81. The third-order valence-electron chi connectivity index (χ3n) is 4.90. The first-order chi connectivity index (χ1) is 11.2. The summed E-state index contributed by atoms with van der Waals surface area (Å²) in [5, 5.41) is 12.2. The lowest BCUT2D eigenvalue weighted by Crippen LogP contribution is -2.46. The Morgan fingerprint density at radius 3 is 2.78 bits per heavy atom. The van der Waals surface area contributed by atoms with E-state index in [2.05, 4.69) is 4.90 Å². The molecule has 0 aromatic carbocycles. The molecule has 2 saturated heterocycles. The van der Waals surface area contributed by atoms with Gasteiger partial charge >= 0.3 is 0 Å². The standard InChI is InChI=1S/C16H22N2O4S/c19-12-9-18(8-11(12)17-4-2-1-3-5-17)16(20)15-14-13(10-23-15)21-6-7-22-14/h10-12,19H,1-9H2/t11-,12-/m1/s1. The Hall–Kier alpha value is -1.31. The van der Waals surface area contributed by atoms with Crippen LogP contribution in [0.15, 0.2) is 5.38 Å². The van der Waals surface area contributed by atoms with E-state index >= 15 is 0 Å². The van der Waals surface area contributed by atoms with Gasteiger partial charge in [0.05, 0.1) is 12.1 Å². The molecule has 0 spiro atoms. The van der Waals surface area contributed by atoms with Crippen LogP contribution in [0, 0.1) is 0 Å². The van der Waals surface area contributed by atoms with Crippen LogP contribution in [0.1, 0.15) is 28.9 Å². The van der Waals surface area contributed by atoms with Crippen molar-refractivity contribution in [2.24, 2.45) is 0 Å². The summed E-state index contributed by atoms with van der Waals surface area (Å²) in [4.78, 5) is 17.5. The topological polar surface area (TPSA) is 62.2 Å². The Bertz CT molecular complexity index is 585. The van der Waals surface area contributed by atoms with Crippen LogP contribution in [0.2, 0.25) is 0 Å². The van der Waals surface area contributed by atoms with Crippen molar-refractivity contribution in [3.8, 4) is 11.5 Å². The van der Waals surface area contributed by atoms with Gasteiger partial charge in [0, 0.05) is 18.5 Å². The fraction of sp³-hybridized carbons (Fsp3) is 0.688. The normalized spacial score (nSPS) is 28.1. The number of nitrogens with zero attached hydrogens (tertiary/aromatic N) is 2. The maximum absolute atomic E-state index is 12.8. The molecule has 2 atom stereocenters. The number of ether oxygens (including phenoxy) is 2. The van der Waals surface area contributed by atoms with Gasteiger partial charge in [-0.25, -0.2) is 0 Å². The van der Waals surface area contributed by atoms with Gasteiger partial charge in [-0.2, -0.15) is 0 Å². The minimum Gasteiger partial charge on any atom is -0.485 e. The van der Waals surface area contributed by atoms with E-state index in [9.17, 15) is 9.90 Å². The van der Waals surface area contributed by atoms with E-state index in [0.29, 0.717) is 42.7 Å². The van der Waals surface area contributed by atoms with E-state index in [1.165, 1.54) is 30.6 Å². The van der Waals surface area contributed by atoms with E-state index < -0.39 is 6.10 Å². The largest absolute Gasteiger partial charge is 0.485 e. The van der Waals surface area contributed by atoms with Gasteiger partial charge < -0.3 is 19.5 Å². The molecule has 1 amide bonds. The van der Waals surface area contributed by atoms with Crippen molar-refractivity contribution < 1.29 is 19.4 Å². The molecule has 0 aliphatic carbocycles. The Kier molecular flexibility index (Phi) is 4.17. The molecular formula is C16H22N2O4S. The highest BCUT2D eigenvalue weighted by atomic mass is 32.1. The van der Waals surface area contributed by atoms with Crippen LogP contribution in [0.25, 0.3) is 0 Å². The van der Waals surface area contributed by atoms with E-state index in [4.69, 9.17) is 9.47 Å². The maximum atomic E-state index is 12.8. The SMILES string of the molecule is O=C(c1scc2c1OCCO2)N1C[C@@H](O)[C@H](N2CCCCC2)C1. The predicted molar refractivity (Wildman–Crippen MR) is 86.4 cm³/mol. The Labute approximate surface area is 139 Å². The number of hydrogen-bond acceptors (Lipinski definition) is 6. The summed E-state index contributed by atoms with van der Waals surface area (Å²) in [6.45, 7) is 4.03. The summed E-state index contributed by atoms with van der Waals surface area (Å²) in [7, 11) is 0. The molecular weight excluding hydrogens is 316 g/mol. The van der Waals surface area contributed by atoms with Gasteiger partial charge in [-0.15, -0.1) is 11.3 Å². The highest BCUT2D eigenvalue weighted by molar-refractivity contribution is 7.12. The molecule has 1 aromatic rings. The summed E-state index contributed by atoms with van der Waals surface area (Å²) in [5.74, 6) is 1.18. The summed E-state index contributed by atoms with van der Waals surface area (Å²) in [6.07, 6.45) is 3.16. The number of amides is 1. The second kappa shape index (κ2) is 6.30. The minimum absolute atomic E-state index is 0.0553. The molecule has 1 aromatic heterocycles. The molecule has 1 N–H and O–H groups in total. The number of thiophene rings is 1. The number of piperidine rings is 1. The number of aliphatic hydroxyl groups is 1. The molecule has 0 bridgehead atoms. The van der Waals surface area contributed by atoms with Crippen LogP contribution >= 0.6 is 11.3 Å². The molecule has 3 aliphatic heterocycles. The van der Waals surface area contributed by atoms with Crippen molar-refractivity contribution in [3.05, 3.63) is 10.3 Å². The van der Waals surface area contributed by atoms with Gasteiger partial charge in [0.15, 0.2) is 11.5 Å². The fourth-order valence-electron chi connectivity index (χ4n) is 3.70. The zero-order valence-corrected chi connectivity index (χ0v) is 13.9. The molecule has 4 rings (SSSR count). The first-order valence-electron chi connectivity index (χ1n) is 8.32. The molecule has 23 heavy (non-hydrogen) atoms. The lowest BCUT2D eigenvalue weighted by molar-refractivity contribution is 0.0702. The Balaban J connectivity index is 1.48. The third-order valence-corrected chi connectivity index (χ3v) is 5.83. The van der Waals surface area contributed by atoms with Crippen LogP contribution < -0.4 is 9.47 Å². The van der Waals surface area contributed by atoms with Crippen molar-refractivity contribution in [1.82, 2.24) is 9.80 Å². The molecule has 7 heteroatoms. The van der Waals surface area contributed by atoms with Crippen molar-refractivity contribution in [1.29, 1.82) is 0 Å². The summed E-state index contributed by atoms with van der Waals surface area (Å²) >= 11 is 1.36. The van der Waals surface area contributed by atoms with Crippen LogP contribution in [-0.4, -0.2) is 72.4 Å². The average molecular weight is 338 g/mol. The van der Waals surface area contributed by atoms with E-state index in [0.717, 1.165) is 13.1 Å². The number of fused-ring (bicyclic) bond motifs is 1. The predicted octanol–water partition coefficient (Wildman–Crippen LogP) is 1.19. The minimum atomic E-state index is -0.468. The first kappa shape index (κ1) is 15.2. The van der Waals surface area contributed by atoms with Crippen LogP contribution in [-0.2, 0) is 0 Å². The van der Waals surface area contributed by atoms with Crippen LogP contribution in [0.4, 0.5) is 0 Å². The van der Waals surface area contributed by atoms with Crippen molar-refractivity contribution in [2.75, 3.05) is 39.4 Å². The molecule has 3 aliphatic rings. The second-order valence-electron chi connectivity index (χ2n) is 6.40. The number of aliphatic hydroxyl groups excluding tert-OH is 1. The lowest BCUT2D eigenvalue weighted by atomic mass is 10.1. The van der Waals surface area contributed by atoms with Gasteiger partial charge in [0.2, 0.25) is 0 Å². The van der Waals surface area contributed by atoms with Gasteiger partial charge in [-0.05, 0) is 25.9 Å². The zero-order chi connectivity index (χ0) is 15.8. The fourth-order valence-corrected chi connectivity index (χ4v) is 4.59. The molecule has 2 fully saturated rings. The molecule has 0 unspecified atom stereocenters. The van der Waals surface area contributed by atoms with Gasteiger partial charge in [0.25, 0.3) is 5.91 Å². The van der Waals surface area contributed by atoms with Crippen LogP contribution in [0.5, 0.6) is 11.5 Å². The number of carbonyl (C=O) groups excluding carboxylic acids is 1. The number of carbonyl (C=O) groups is 1. The molecule has 6 nitrogen and oxygen atoms in total. The first-order valence-corrected chi connectivity index (χ1v) is 9.20. The Morgan fingerprint density at radius 2 is 1.96 bits per heavy atom. The number of rotatable bonds is 2. The van der Waals surface area contributed by atoms with Crippen LogP contribution in [0.3, 0.4) is 0 Å².